The molecular formula is C14H20N2O. The number of fused-ring (bicyclic) bond motifs is 3. The smallest absolute Gasteiger partial charge is 0.119 e. The molecule has 2 aliphatic rings. The first-order chi connectivity index (χ1) is 8.33. The molecule has 0 aromatic heterocycles. The number of ether oxygens (including phenoxy) is 1. The van der Waals surface area contributed by atoms with Gasteiger partial charge >= 0.3 is 0 Å². The summed E-state index contributed by atoms with van der Waals surface area (Å²) in [5.74, 6) is 0.964. The molecule has 3 heteroatoms. The first-order valence-corrected chi connectivity index (χ1v) is 6.49. The van der Waals surface area contributed by atoms with Gasteiger partial charge in [-0.1, -0.05) is 0 Å². The molecule has 17 heavy (non-hydrogen) atoms. The Morgan fingerprint density at radius 3 is 3.00 bits per heavy atom. The Labute approximate surface area is 103 Å². The van der Waals surface area contributed by atoms with Gasteiger partial charge in [0.25, 0.3) is 0 Å². The number of rotatable bonds is 2. The molecule has 1 fully saturated rings. The monoisotopic (exact) mass is 232 g/mol. The molecule has 92 valence electrons. The van der Waals surface area contributed by atoms with E-state index >= 15 is 0 Å². The summed E-state index contributed by atoms with van der Waals surface area (Å²) in [6.45, 7) is 0.766. The maximum atomic E-state index is 5.89. The Morgan fingerprint density at radius 2 is 2.24 bits per heavy atom. The van der Waals surface area contributed by atoms with E-state index in [9.17, 15) is 0 Å². The molecule has 3 nitrogen and oxygen atoms in total. The number of nitrogens with two attached hydrogens (primary N) is 1. The summed E-state index contributed by atoms with van der Waals surface area (Å²) >= 11 is 0. The topological polar surface area (TPSA) is 38.5 Å². The van der Waals surface area contributed by atoms with E-state index in [0.29, 0.717) is 12.1 Å². The molecule has 1 saturated heterocycles. The molecule has 0 amide bonds. The number of hydrogen-bond donors (Lipinski definition) is 1. The van der Waals surface area contributed by atoms with Crippen LogP contribution < -0.4 is 15.4 Å². The van der Waals surface area contributed by atoms with Gasteiger partial charge in [-0.25, -0.2) is 0 Å². The summed E-state index contributed by atoms with van der Waals surface area (Å²) in [6.07, 6.45) is 4.97. The Morgan fingerprint density at radius 1 is 1.35 bits per heavy atom. The molecule has 2 atom stereocenters. The van der Waals surface area contributed by atoms with Crippen LogP contribution in [-0.4, -0.2) is 25.7 Å². The largest absolute Gasteiger partial charge is 0.497 e. The lowest BCUT2D eigenvalue weighted by molar-refractivity contribution is 0.413. The van der Waals surface area contributed by atoms with Crippen LogP contribution in [-0.2, 0) is 6.42 Å². The first kappa shape index (κ1) is 10.9. The molecule has 3 rings (SSSR count). The normalized spacial score (nSPS) is 26.6. The minimum Gasteiger partial charge on any atom is -0.497 e. The highest BCUT2D eigenvalue weighted by molar-refractivity contribution is 5.60. The van der Waals surface area contributed by atoms with Crippen molar-refractivity contribution in [2.24, 2.45) is 5.73 Å². The SMILES string of the molecule is COc1ccc2c(c1)CCC1CCC(CN)N21. The van der Waals surface area contributed by atoms with E-state index in [1.165, 1.54) is 36.9 Å². The van der Waals surface area contributed by atoms with Gasteiger partial charge in [-0.15, -0.1) is 0 Å². The zero-order valence-corrected chi connectivity index (χ0v) is 10.4. The van der Waals surface area contributed by atoms with Gasteiger partial charge in [0, 0.05) is 24.3 Å². The molecule has 2 unspecified atom stereocenters. The number of hydrogen-bond acceptors (Lipinski definition) is 3. The average molecular weight is 232 g/mol. The number of benzene rings is 1. The lowest BCUT2D eigenvalue weighted by Gasteiger charge is -2.37. The summed E-state index contributed by atoms with van der Waals surface area (Å²) < 4.78 is 5.30. The van der Waals surface area contributed by atoms with Gasteiger partial charge < -0.3 is 15.4 Å². The number of anilines is 1. The van der Waals surface area contributed by atoms with Crippen LogP contribution in [0.25, 0.3) is 0 Å². The Balaban J connectivity index is 1.99. The average Bonchev–Trinajstić information content (AvgIpc) is 2.81. The second-order valence-corrected chi connectivity index (χ2v) is 5.06. The van der Waals surface area contributed by atoms with Crippen LogP contribution in [0.1, 0.15) is 24.8 Å². The van der Waals surface area contributed by atoms with Crippen LogP contribution in [0, 0.1) is 0 Å². The van der Waals surface area contributed by atoms with E-state index < -0.39 is 0 Å². The molecule has 0 aliphatic carbocycles. The summed E-state index contributed by atoms with van der Waals surface area (Å²) in [7, 11) is 1.73. The summed E-state index contributed by atoms with van der Waals surface area (Å²) in [6, 6.07) is 7.69. The maximum absolute atomic E-state index is 5.89. The number of methoxy groups -OCH3 is 1. The van der Waals surface area contributed by atoms with E-state index in [1.807, 2.05) is 0 Å². The first-order valence-electron chi connectivity index (χ1n) is 6.49. The molecule has 2 N–H and O–H groups in total. The van der Waals surface area contributed by atoms with Gasteiger partial charge in [0.15, 0.2) is 0 Å². The highest BCUT2D eigenvalue weighted by Crippen LogP contribution is 2.40. The number of nitrogens with zero attached hydrogens (tertiary/aromatic N) is 1. The van der Waals surface area contributed by atoms with Crippen molar-refractivity contribution in [3.05, 3.63) is 23.8 Å². The summed E-state index contributed by atoms with van der Waals surface area (Å²) in [5.41, 5.74) is 8.69. The van der Waals surface area contributed by atoms with Crippen molar-refractivity contribution in [3.8, 4) is 5.75 Å². The van der Waals surface area contributed by atoms with E-state index in [4.69, 9.17) is 10.5 Å². The van der Waals surface area contributed by atoms with Crippen molar-refractivity contribution >= 4 is 5.69 Å². The van der Waals surface area contributed by atoms with Crippen LogP contribution in [0.15, 0.2) is 18.2 Å². The lowest BCUT2D eigenvalue weighted by atomic mass is 9.96. The quantitative estimate of drug-likeness (QED) is 0.847. The van der Waals surface area contributed by atoms with Gasteiger partial charge in [-0.3, -0.25) is 0 Å². The minimum absolute atomic E-state index is 0.535. The van der Waals surface area contributed by atoms with E-state index in [2.05, 4.69) is 23.1 Å². The van der Waals surface area contributed by atoms with Crippen molar-refractivity contribution < 1.29 is 4.74 Å². The summed E-state index contributed by atoms with van der Waals surface area (Å²) in [4.78, 5) is 2.55. The molecule has 0 spiro atoms. The fourth-order valence-corrected chi connectivity index (χ4v) is 3.33. The molecular weight excluding hydrogens is 212 g/mol. The van der Waals surface area contributed by atoms with Crippen molar-refractivity contribution in [1.29, 1.82) is 0 Å². The third kappa shape index (κ3) is 1.69. The predicted octanol–water partition coefficient (Wildman–Crippen LogP) is 1.94. The standard InChI is InChI=1S/C14H20N2O/c1-17-13-6-7-14-10(8-13)2-3-11-4-5-12(9-15)16(11)14/h6-8,11-12H,2-5,9,15H2,1H3. The number of aryl methyl sites for hydroxylation is 1. The van der Waals surface area contributed by atoms with Crippen LogP contribution in [0.2, 0.25) is 0 Å². The maximum Gasteiger partial charge on any atom is 0.119 e. The van der Waals surface area contributed by atoms with Gasteiger partial charge in [0.2, 0.25) is 0 Å². The third-order valence-corrected chi connectivity index (χ3v) is 4.20. The summed E-state index contributed by atoms with van der Waals surface area (Å²) in [5, 5.41) is 0. The zero-order valence-electron chi connectivity index (χ0n) is 10.4. The van der Waals surface area contributed by atoms with Crippen molar-refractivity contribution in [1.82, 2.24) is 0 Å². The molecule has 2 heterocycles. The Bertz CT molecular complexity index is 419. The van der Waals surface area contributed by atoms with E-state index in [0.717, 1.165) is 12.3 Å². The van der Waals surface area contributed by atoms with Gasteiger partial charge in [0.05, 0.1) is 7.11 Å². The van der Waals surface area contributed by atoms with E-state index in [1.54, 1.807) is 7.11 Å². The molecule has 1 aromatic rings. The van der Waals surface area contributed by atoms with Crippen LogP contribution in [0.5, 0.6) is 5.75 Å². The van der Waals surface area contributed by atoms with E-state index in [-0.39, 0.29) is 0 Å². The lowest BCUT2D eigenvalue weighted by Crippen LogP contribution is -2.43. The van der Waals surface area contributed by atoms with Crippen molar-refractivity contribution in [2.75, 3.05) is 18.6 Å². The van der Waals surface area contributed by atoms with Gasteiger partial charge in [-0.2, -0.15) is 0 Å². The van der Waals surface area contributed by atoms with Crippen molar-refractivity contribution in [2.45, 2.75) is 37.8 Å². The molecule has 1 aromatic carbocycles. The highest BCUT2D eigenvalue weighted by atomic mass is 16.5. The minimum atomic E-state index is 0.535. The van der Waals surface area contributed by atoms with Crippen molar-refractivity contribution in [3.63, 3.8) is 0 Å². The molecule has 2 aliphatic heterocycles. The van der Waals surface area contributed by atoms with Gasteiger partial charge in [-0.05, 0) is 49.4 Å². The Kier molecular flexibility index (Phi) is 2.71. The van der Waals surface area contributed by atoms with Gasteiger partial charge in [0.1, 0.15) is 5.75 Å². The second-order valence-electron chi connectivity index (χ2n) is 5.06. The van der Waals surface area contributed by atoms with Crippen LogP contribution in [0.3, 0.4) is 0 Å². The third-order valence-electron chi connectivity index (χ3n) is 4.20. The van der Waals surface area contributed by atoms with Crippen LogP contribution in [0.4, 0.5) is 5.69 Å². The highest BCUT2D eigenvalue weighted by Gasteiger charge is 2.36. The Hall–Kier alpha value is -1.22. The van der Waals surface area contributed by atoms with Crippen LogP contribution >= 0.6 is 0 Å². The fraction of sp³-hybridized carbons (Fsp3) is 0.571. The zero-order chi connectivity index (χ0) is 11.8. The second kappa shape index (κ2) is 4.22. The molecule has 0 saturated carbocycles. The predicted molar refractivity (Wildman–Crippen MR) is 69.7 cm³/mol. The fourth-order valence-electron chi connectivity index (χ4n) is 3.33. The molecule has 0 radical (unpaired) electrons. The molecule has 0 bridgehead atoms.